The second-order valence-electron chi connectivity index (χ2n) is 4.56. The zero-order chi connectivity index (χ0) is 11.7. The van der Waals surface area contributed by atoms with Crippen molar-refractivity contribution >= 4 is 11.6 Å². The molecule has 2 unspecified atom stereocenters. The Bertz CT molecular complexity index is 477. The Balaban J connectivity index is 1.80. The molecule has 1 aliphatic rings. The van der Waals surface area contributed by atoms with E-state index in [1.807, 2.05) is 24.4 Å². The van der Waals surface area contributed by atoms with Crippen LogP contribution in [0.15, 0.2) is 24.4 Å². The average molecular weight is 232 g/mol. The van der Waals surface area contributed by atoms with Crippen molar-refractivity contribution in [3.05, 3.63) is 24.4 Å². The largest absolute Gasteiger partial charge is 0.396 e. The minimum atomic E-state index is 0.241. The van der Waals surface area contributed by atoms with Crippen molar-refractivity contribution in [3.8, 4) is 0 Å². The van der Waals surface area contributed by atoms with Gasteiger partial charge in [-0.05, 0) is 25.0 Å². The molecule has 2 aromatic rings. The molecule has 0 spiro atoms. The van der Waals surface area contributed by atoms with Crippen molar-refractivity contribution in [2.45, 2.75) is 25.3 Å². The maximum atomic E-state index is 9.27. The minimum absolute atomic E-state index is 0.241. The Morgan fingerprint density at radius 3 is 3.18 bits per heavy atom. The summed E-state index contributed by atoms with van der Waals surface area (Å²) in [6.45, 7) is 0.241. The van der Waals surface area contributed by atoms with Gasteiger partial charge in [0.2, 0.25) is 5.95 Å². The van der Waals surface area contributed by atoms with Crippen LogP contribution < -0.4 is 5.32 Å². The third-order valence-electron chi connectivity index (χ3n) is 3.45. The molecule has 2 aromatic heterocycles. The summed E-state index contributed by atoms with van der Waals surface area (Å²) in [5, 5.41) is 17.0. The fourth-order valence-corrected chi connectivity index (χ4v) is 2.50. The lowest BCUT2D eigenvalue weighted by Crippen LogP contribution is -2.26. The molecule has 1 saturated carbocycles. The van der Waals surface area contributed by atoms with Crippen molar-refractivity contribution < 1.29 is 5.11 Å². The third kappa shape index (κ3) is 1.98. The molecule has 0 aliphatic heterocycles. The first-order valence-electron chi connectivity index (χ1n) is 6.05. The van der Waals surface area contributed by atoms with Crippen molar-refractivity contribution in [1.29, 1.82) is 0 Å². The van der Waals surface area contributed by atoms with E-state index >= 15 is 0 Å². The SMILES string of the molecule is OCC1CCCC1Nc1nc2ccccn2n1. The van der Waals surface area contributed by atoms with E-state index in [1.54, 1.807) is 4.52 Å². The molecule has 0 aromatic carbocycles. The van der Waals surface area contributed by atoms with E-state index in [0.717, 1.165) is 24.9 Å². The van der Waals surface area contributed by atoms with E-state index in [1.165, 1.54) is 0 Å². The summed E-state index contributed by atoms with van der Waals surface area (Å²) in [5.41, 5.74) is 0.841. The molecule has 2 N–H and O–H groups in total. The molecule has 0 bridgehead atoms. The van der Waals surface area contributed by atoms with E-state index in [4.69, 9.17) is 0 Å². The van der Waals surface area contributed by atoms with Crippen molar-refractivity contribution in [2.75, 3.05) is 11.9 Å². The smallest absolute Gasteiger partial charge is 0.243 e. The van der Waals surface area contributed by atoms with Crippen LogP contribution in [0.5, 0.6) is 0 Å². The van der Waals surface area contributed by atoms with E-state index in [-0.39, 0.29) is 6.61 Å². The number of anilines is 1. The van der Waals surface area contributed by atoms with Crippen LogP contribution in [-0.4, -0.2) is 32.4 Å². The van der Waals surface area contributed by atoms with E-state index in [9.17, 15) is 5.11 Å². The van der Waals surface area contributed by atoms with Crippen molar-refractivity contribution in [2.24, 2.45) is 5.92 Å². The quantitative estimate of drug-likeness (QED) is 0.837. The molecule has 0 amide bonds. The van der Waals surface area contributed by atoms with Gasteiger partial charge in [0.25, 0.3) is 0 Å². The molecule has 5 nitrogen and oxygen atoms in total. The van der Waals surface area contributed by atoms with Gasteiger partial charge >= 0.3 is 0 Å². The lowest BCUT2D eigenvalue weighted by Gasteiger charge is -2.17. The molecule has 0 radical (unpaired) electrons. The highest BCUT2D eigenvalue weighted by Crippen LogP contribution is 2.27. The Kier molecular flexibility index (Phi) is 2.68. The van der Waals surface area contributed by atoms with Crippen LogP contribution in [0, 0.1) is 5.92 Å². The summed E-state index contributed by atoms with van der Waals surface area (Å²) < 4.78 is 1.76. The lowest BCUT2D eigenvalue weighted by molar-refractivity contribution is 0.222. The number of nitrogens with zero attached hydrogens (tertiary/aromatic N) is 3. The molecule has 0 saturated heterocycles. The van der Waals surface area contributed by atoms with Gasteiger partial charge in [-0.2, -0.15) is 4.98 Å². The molecular formula is C12H16N4O. The first kappa shape index (κ1) is 10.5. The highest BCUT2D eigenvalue weighted by Gasteiger charge is 2.27. The van der Waals surface area contributed by atoms with Gasteiger partial charge in [-0.3, -0.25) is 0 Å². The standard InChI is InChI=1S/C12H16N4O/c17-8-9-4-3-5-10(9)13-12-14-11-6-1-2-7-16(11)15-12/h1-2,6-7,9-10,17H,3-5,8H2,(H,13,15). The van der Waals surface area contributed by atoms with Crippen molar-refractivity contribution in [1.82, 2.24) is 14.6 Å². The Morgan fingerprint density at radius 2 is 2.35 bits per heavy atom. The third-order valence-corrected chi connectivity index (χ3v) is 3.45. The lowest BCUT2D eigenvalue weighted by atomic mass is 10.1. The number of pyridine rings is 1. The molecule has 5 heteroatoms. The molecule has 3 rings (SSSR count). The molecule has 1 fully saturated rings. The van der Waals surface area contributed by atoms with Crippen LogP contribution in [0.1, 0.15) is 19.3 Å². The number of hydrogen-bond donors (Lipinski definition) is 2. The van der Waals surface area contributed by atoms with E-state index in [0.29, 0.717) is 17.9 Å². The molecular weight excluding hydrogens is 216 g/mol. The number of nitrogens with one attached hydrogen (secondary N) is 1. The topological polar surface area (TPSA) is 62.5 Å². The van der Waals surface area contributed by atoms with E-state index in [2.05, 4.69) is 15.4 Å². The molecule has 17 heavy (non-hydrogen) atoms. The minimum Gasteiger partial charge on any atom is -0.396 e. The summed E-state index contributed by atoms with van der Waals surface area (Å²) >= 11 is 0. The maximum Gasteiger partial charge on any atom is 0.243 e. The van der Waals surface area contributed by atoms with Crippen LogP contribution in [-0.2, 0) is 0 Å². The van der Waals surface area contributed by atoms with Crippen LogP contribution in [0.3, 0.4) is 0 Å². The summed E-state index contributed by atoms with van der Waals surface area (Å²) in [6, 6.07) is 6.10. The summed E-state index contributed by atoms with van der Waals surface area (Å²) in [4.78, 5) is 4.40. The van der Waals surface area contributed by atoms with Gasteiger partial charge in [0.1, 0.15) is 0 Å². The highest BCUT2D eigenvalue weighted by atomic mass is 16.3. The fraction of sp³-hybridized carbons (Fsp3) is 0.500. The summed E-state index contributed by atoms with van der Waals surface area (Å²) in [7, 11) is 0. The Labute approximate surface area is 99.5 Å². The van der Waals surface area contributed by atoms with Gasteiger partial charge in [-0.1, -0.05) is 12.5 Å². The van der Waals surface area contributed by atoms with Gasteiger partial charge in [0, 0.05) is 24.8 Å². The van der Waals surface area contributed by atoms with E-state index < -0.39 is 0 Å². The number of aromatic nitrogens is 3. The van der Waals surface area contributed by atoms with Crippen LogP contribution >= 0.6 is 0 Å². The molecule has 2 heterocycles. The maximum absolute atomic E-state index is 9.27. The van der Waals surface area contributed by atoms with Gasteiger partial charge in [0.05, 0.1) is 0 Å². The van der Waals surface area contributed by atoms with Gasteiger partial charge in [0.15, 0.2) is 5.65 Å². The second-order valence-corrected chi connectivity index (χ2v) is 4.56. The number of aliphatic hydroxyl groups is 1. The Morgan fingerprint density at radius 1 is 1.41 bits per heavy atom. The van der Waals surface area contributed by atoms with Gasteiger partial charge in [-0.25, -0.2) is 4.52 Å². The van der Waals surface area contributed by atoms with Gasteiger partial charge in [-0.15, -0.1) is 5.10 Å². The average Bonchev–Trinajstić information content (AvgIpc) is 2.94. The molecule has 2 atom stereocenters. The van der Waals surface area contributed by atoms with Crippen LogP contribution in [0.25, 0.3) is 5.65 Å². The zero-order valence-electron chi connectivity index (χ0n) is 9.58. The predicted molar refractivity (Wildman–Crippen MR) is 64.8 cm³/mol. The first-order valence-corrected chi connectivity index (χ1v) is 6.05. The predicted octanol–water partition coefficient (Wildman–Crippen LogP) is 1.30. The molecule has 1 aliphatic carbocycles. The first-order chi connectivity index (χ1) is 8.36. The number of aliphatic hydroxyl groups excluding tert-OH is 1. The monoisotopic (exact) mass is 232 g/mol. The zero-order valence-corrected chi connectivity index (χ0v) is 9.58. The number of hydrogen-bond acceptors (Lipinski definition) is 4. The normalized spacial score (nSPS) is 24.3. The number of rotatable bonds is 3. The van der Waals surface area contributed by atoms with Crippen molar-refractivity contribution in [3.63, 3.8) is 0 Å². The van der Waals surface area contributed by atoms with Crippen LogP contribution in [0.4, 0.5) is 5.95 Å². The van der Waals surface area contributed by atoms with Crippen LogP contribution in [0.2, 0.25) is 0 Å². The fourth-order valence-electron chi connectivity index (χ4n) is 2.50. The Hall–Kier alpha value is -1.62. The molecule has 90 valence electrons. The van der Waals surface area contributed by atoms with Gasteiger partial charge < -0.3 is 10.4 Å². The second kappa shape index (κ2) is 4.33. The number of fused-ring (bicyclic) bond motifs is 1. The summed E-state index contributed by atoms with van der Waals surface area (Å²) in [6.07, 6.45) is 5.21. The summed E-state index contributed by atoms with van der Waals surface area (Å²) in [5.74, 6) is 0.989. The highest BCUT2D eigenvalue weighted by molar-refractivity contribution is 5.43.